The first-order valence-electron chi connectivity index (χ1n) is 9.11. The molecule has 1 aromatic heterocycles. The van der Waals surface area contributed by atoms with E-state index in [1.54, 1.807) is 0 Å². The molecule has 5 heteroatoms. The summed E-state index contributed by atoms with van der Waals surface area (Å²) in [6.07, 6.45) is 5.53. The number of H-pyrrole nitrogens is 1. The molecule has 0 saturated heterocycles. The van der Waals surface area contributed by atoms with Crippen LogP contribution in [0.5, 0.6) is 0 Å². The van der Waals surface area contributed by atoms with Crippen LogP contribution in [0.2, 0.25) is 0 Å². The number of amides is 1. The predicted molar refractivity (Wildman–Crippen MR) is 108 cm³/mol. The Morgan fingerprint density at radius 2 is 1.85 bits per heavy atom. The van der Waals surface area contributed by atoms with Gasteiger partial charge in [-0.1, -0.05) is 74.5 Å². The van der Waals surface area contributed by atoms with Crippen molar-refractivity contribution >= 4 is 12.0 Å². The largest absolute Gasteiger partial charge is 0.335 e. The van der Waals surface area contributed by atoms with E-state index in [4.69, 9.17) is 0 Å². The van der Waals surface area contributed by atoms with Gasteiger partial charge in [0.15, 0.2) is 5.82 Å². The highest BCUT2D eigenvalue weighted by Gasteiger charge is 2.20. The van der Waals surface area contributed by atoms with Crippen LogP contribution in [0, 0.1) is 5.92 Å². The maximum absolute atomic E-state index is 13.3. The minimum Gasteiger partial charge on any atom is -0.335 e. The molecule has 138 valence electrons. The predicted octanol–water partition coefficient (Wildman–Crippen LogP) is 4.28. The lowest BCUT2D eigenvalue weighted by Gasteiger charge is -2.24. The van der Waals surface area contributed by atoms with Gasteiger partial charge in [-0.2, -0.15) is 5.10 Å². The number of nitrogens with zero attached hydrogens (tertiary/aromatic N) is 3. The monoisotopic (exact) mass is 360 g/mol. The van der Waals surface area contributed by atoms with Crippen molar-refractivity contribution in [2.75, 3.05) is 13.1 Å². The van der Waals surface area contributed by atoms with Crippen molar-refractivity contribution in [2.45, 2.75) is 13.8 Å². The number of hydrogen-bond donors (Lipinski definition) is 1. The molecule has 0 saturated carbocycles. The molecule has 0 aliphatic heterocycles. The minimum atomic E-state index is -0.00610. The van der Waals surface area contributed by atoms with Gasteiger partial charge in [-0.05, 0) is 17.5 Å². The number of aromatic nitrogens is 3. The van der Waals surface area contributed by atoms with Crippen molar-refractivity contribution in [3.63, 3.8) is 0 Å². The minimum absolute atomic E-state index is 0.00610. The van der Waals surface area contributed by atoms with Gasteiger partial charge in [0.05, 0.1) is 5.56 Å². The summed E-state index contributed by atoms with van der Waals surface area (Å²) < 4.78 is 0. The summed E-state index contributed by atoms with van der Waals surface area (Å²) in [5.41, 5.74) is 2.51. The number of rotatable bonds is 7. The number of carbonyl (C=O) groups excluding carboxylic acids is 1. The van der Waals surface area contributed by atoms with Crippen molar-refractivity contribution in [3.8, 4) is 11.4 Å². The highest BCUT2D eigenvalue weighted by Crippen LogP contribution is 2.21. The van der Waals surface area contributed by atoms with Crippen molar-refractivity contribution in [1.82, 2.24) is 20.1 Å². The van der Waals surface area contributed by atoms with Gasteiger partial charge in [-0.3, -0.25) is 9.89 Å². The van der Waals surface area contributed by atoms with E-state index in [0.29, 0.717) is 30.4 Å². The lowest BCUT2D eigenvalue weighted by molar-refractivity contribution is 0.0757. The Morgan fingerprint density at radius 1 is 1.11 bits per heavy atom. The molecule has 0 fully saturated rings. The summed E-state index contributed by atoms with van der Waals surface area (Å²) in [7, 11) is 0. The molecule has 1 heterocycles. The summed E-state index contributed by atoms with van der Waals surface area (Å²) in [5.74, 6) is 0.966. The molecule has 0 spiro atoms. The normalized spacial score (nSPS) is 11.2. The van der Waals surface area contributed by atoms with Crippen LogP contribution in [0.4, 0.5) is 0 Å². The van der Waals surface area contributed by atoms with Crippen LogP contribution in [0.1, 0.15) is 29.8 Å². The van der Waals surface area contributed by atoms with E-state index >= 15 is 0 Å². The fraction of sp³-hybridized carbons (Fsp3) is 0.227. The maximum atomic E-state index is 13.3. The molecule has 0 radical (unpaired) electrons. The Bertz CT molecular complexity index is 886. The molecular formula is C22H24N4O. The summed E-state index contributed by atoms with van der Waals surface area (Å²) >= 11 is 0. The topological polar surface area (TPSA) is 61.9 Å². The van der Waals surface area contributed by atoms with Crippen LogP contribution in [0.15, 0.2) is 67.0 Å². The van der Waals surface area contributed by atoms with Gasteiger partial charge in [0, 0.05) is 18.7 Å². The molecule has 3 aromatic rings. The van der Waals surface area contributed by atoms with Crippen LogP contribution in [-0.4, -0.2) is 39.1 Å². The number of aromatic amines is 1. The van der Waals surface area contributed by atoms with Crippen molar-refractivity contribution < 1.29 is 4.79 Å². The molecule has 0 unspecified atom stereocenters. The Hall–Kier alpha value is -3.21. The fourth-order valence-corrected chi connectivity index (χ4v) is 2.94. The van der Waals surface area contributed by atoms with Gasteiger partial charge in [-0.15, -0.1) is 0 Å². The Morgan fingerprint density at radius 3 is 2.56 bits per heavy atom. The molecule has 1 amide bonds. The number of benzene rings is 2. The highest BCUT2D eigenvalue weighted by atomic mass is 16.2. The van der Waals surface area contributed by atoms with Crippen LogP contribution in [-0.2, 0) is 0 Å². The summed E-state index contributed by atoms with van der Waals surface area (Å²) in [6.45, 7) is 5.46. The maximum Gasteiger partial charge on any atom is 0.254 e. The number of nitrogens with one attached hydrogen (secondary N) is 1. The lowest BCUT2D eigenvalue weighted by Crippen LogP contribution is -2.34. The average molecular weight is 360 g/mol. The van der Waals surface area contributed by atoms with Crippen LogP contribution in [0.3, 0.4) is 0 Å². The smallest absolute Gasteiger partial charge is 0.254 e. The van der Waals surface area contributed by atoms with Gasteiger partial charge >= 0.3 is 0 Å². The first-order chi connectivity index (χ1) is 13.1. The second-order valence-electron chi connectivity index (χ2n) is 6.80. The first-order valence-corrected chi connectivity index (χ1v) is 9.11. The molecule has 5 nitrogen and oxygen atoms in total. The van der Waals surface area contributed by atoms with Crippen molar-refractivity contribution in [1.29, 1.82) is 0 Å². The van der Waals surface area contributed by atoms with Gasteiger partial charge in [-0.25, -0.2) is 4.98 Å². The van der Waals surface area contributed by atoms with Gasteiger partial charge in [0.1, 0.15) is 6.33 Å². The Labute approximate surface area is 159 Å². The summed E-state index contributed by atoms with van der Waals surface area (Å²) in [4.78, 5) is 19.3. The Kier molecular flexibility index (Phi) is 6.15. The van der Waals surface area contributed by atoms with Crippen molar-refractivity contribution in [2.24, 2.45) is 5.92 Å². The van der Waals surface area contributed by atoms with Gasteiger partial charge in [0.2, 0.25) is 0 Å². The van der Waals surface area contributed by atoms with Crippen LogP contribution < -0.4 is 0 Å². The zero-order valence-electron chi connectivity index (χ0n) is 15.7. The van der Waals surface area contributed by atoms with E-state index in [2.05, 4.69) is 29.0 Å². The van der Waals surface area contributed by atoms with E-state index in [1.165, 1.54) is 6.33 Å². The van der Waals surface area contributed by atoms with Gasteiger partial charge in [0.25, 0.3) is 5.91 Å². The average Bonchev–Trinajstić information content (AvgIpc) is 3.22. The molecule has 0 atom stereocenters. The molecule has 27 heavy (non-hydrogen) atoms. The standard InChI is InChI=1S/C22H24N4O/c1-17(2)15-26(14-8-11-18-9-4-3-5-10-18)22(27)20-13-7-6-12-19(20)21-23-16-24-25-21/h3-13,16-17H,14-15H2,1-2H3,(H,23,24,25). The number of hydrogen-bond acceptors (Lipinski definition) is 3. The highest BCUT2D eigenvalue weighted by molar-refractivity contribution is 6.00. The van der Waals surface area contributed by atoms with E-state index in [9.17, 15) is 4.79 Å². The second kappa shape index (κ2) is 8.94. The van der Waals surface area contributed by atoms with E-state index in [1.807, 2.05) is 71.6 Å². The lowest BCUT2D eigenvalue weighted by atomic mass is 10.0. The quantitative estimate of drug-likeness (QED) is 0.684. The molecule has 1 N–H and O–H groups in total. The molecule has 3 rings (SSSR count). The summed E-state index contributed by atoms with van der Waals surface area (Å²) in [6, 6.07) is 17.6. The molecule has 2 aromatic carbocycles. The zero-order valence-corrected chi connectivity index (χ0v) is 15.7. The summed E-state index contributed by atoms with van der Waals surface area (Å²) in [5, 5.41) is 6.75. The van der Waals surface area contributed by atoms with Crippen LogP contribution in [0.25, 0.3) is 17.5 Å². The number of carbonyl (C=O) groups is 1. The third-order valence-electron chi connectivity index (χ3n) is 4.14. The van der Waals surface area contributed by atoms with Crippen molar-refractivity contribution in [3.05, 3.63) is 78.1 Å². The molecule has 0 aliphatic carbocycles. The molecule has 0 aliphatic rings. The molecule has 0 bridgehead atoms. The molecular weight excluding hydrogens is 336 g/mol. The third-order valence-corrected chi connectivity index (χ3v) is 4.14. The second-order valence-corrected chi connectivity index (χ2v) is 6.80. The van der Waals surface area contributed by atoms with E-state index in [0.717, 1.165) is 11.1 Å². The van der Waals surface area contributed by atoms with E-state index < -0.39 is 0 Å². The fourth-order valence-electron chi connectivity index (χ4n) is 2.94. The SMILES string of the molecule is CC(C)CN(CC=Cc1ccccc1)C(=O)c1ccccc1-c1ncn[nH]1. The van der Waals surface area contributed by atoms with E-state index in [-0.39, 0.29) is 5.91 Å². The zero-order chi connectivity index (χ0) is 19.1. The first kappa shape index (κ1) is 18.6. The van der Waals surface area contributed by atoms with Gasteiger partial charge < -0.3 is 4.90 Å². The third kappa shape index (κ3) is 4.91. The Balaban J connectivity index is 1.83. The van der Waals surface area contributed by atoms with Crippen LogP contribution >= 0.6 is 0 Å².